The molecule has 1 aromatic rings. The van der Waals surface area contributed by atoms with Gasteiger partial charge in [-0.05, 0) is 26.3 Å². The van der Waals surface area contributed by atoms with Crippen LogP contribution in [0.25, 0.3) is 0 Å². The Bertz CT molecular complexity index is 406. The Morgan fingerprint density at radius 2 is 2.27 bits per heavy atom. The summed E-state index contributed by atoms with van der Waals surface area (Å²) in [4.78, 5) is 18.2. The largest absolute Gasteiger partial charge is 0.369 e. The Kier molecular flexibility index (Phi) is 2.73. The lowest BCUT2D eigenvalue weighted by atomic mass is 9.99. The number of H-pyrrole nitrogens is 1. The molecular formula is C10H16N4O. The zero-order chi connectivity index (χ0) is 10.8. The molecule has 1 aliphatic rings. The molecule has 1 saturated heterocycles. The lowest BCUT2D eigenvalue weighted by Crippen LogP contribution is -2.30. The molecule has 0 bridgehead atoms. The summed E-state index contributed by atoms with van der Waals surface area (Å²) in [7, 11) is 0. The van der Waals surface area contributed by atoms with Crippen LogP contribution in [-0.4, -0.2) is 16.5 Å². The third-order valence-corrected chi connectivity index (χ3v) is 2.85. The number of nitrogens with one attached hydrogen (secondary N) is 2. The molecule has 0 saturated carbocycles. The van der Waals surface area contributed by atoms with Crippen LogP contribution >= 0.6 is 0 Å². The van der Waals surface area contributed by atoms with E-state index in [2.05, 4.69) is 15.3 Å². The van der Waals surface area contributed by atoms with Crippen LogP contribution in [0.15, 0.2) is 4.79 Å². The molecule has 0 spiro atoms. The van der Waals surface area contributed by atoms with Crippen LogP contribution in [0.4, 0.5) is 5.95 Å². The molecule has 4 N–H and O–H groups in total. The van der Waals surface area contributed by atoms with Crippen LogP contribution in [0.2, 0.25) is 0 Å². The monoisotopic (exact) mass is 208 g/mol. The van der Waals surface area contributed by atoms with Gasteiger partial charge in [0.15, 0.2) is 0 Å². The molecular weight excluding hydrogens is 192 g/mol. The second-order valence-electron chi connectivity index (χ2n) is 3.96. The van der Waals surface area contributed by atoms with Crippen molar-refractivity contribution < 1.29 is 0 Å². The van der Waals surface area contributed by atoms with Crippen molar-refractivity contribution in [3.63, 3.8) is 0 Å². The fourth-order valence-electron chi connectivity index (χ4n) is 1.99. The van der Waals surface area contributed by atoms with Crippen LogP contribution in [0.1, 0.15) is 36.6 Å². The van der Waals surface area contributed by atoms with Gasteiger partial charge in [0, 0.05) is 5.56 Å². The molecule has 82 valence electrons. The molecule has 1 atom stereocenters. The SMILES string of the molecule is Cc1c(C2CCCCN2)nc(N)[nH]c1=O. The molecule has 1 aliphatic heterocycles. The molecule has 1 aromatic heterocycles. The lowest BCUT2D eigenvalue weighted by molar-refractivity contribution is 0.403. The first-order valence-corrected chi connectivity index (χ1v) is 5.28. The van der Waals surface area contributed by atoms with Crippen molar-refractivity contribution in [3.05, 3.63) is 21.6 Å². The van der Waals surface area contributed by atoms with E-state index in [4.69, 9.17) is 5.73 Å². The van der Waals surface area contributed by atoms with E-state index >= 15 is 0 Å². The Morgan fingerprint density at radius 1 is 1.47 bits per heavy atom. The van der Waals surface area contributed by atoms with E-state index in [-0.39, 0.29) is 17.5 Å². The van der Waals surface area contributed by atoms with Crippen LogP contribution in [-0.2, 0) is 0 Å². The van der Waals surface area contributed by atoms with Gasteiger partial charge in [-0.1, -0.05) is 6.42 Å². The van der Waals surface area contributed by atoms with Gasteiger partial charge in [-0.2, -0.15) is 0 Å². The lowest BCUT2D eigenvalue weighted by Gasteiger charge is -2.23. The van der Waals surface area contributed by atoms with Crippen molar-refractivity contribution >= 4 is 5.95 Å². The van der Waals surface area contributed by atoms with Gasteiger partial charge in [-0.3, -0.25) is 9.78 Å². The maximum absolute atomic E-state index is 11.5. The van der Waals surface area contributed by atoms with Gasteiger partial charge >= 0.3 is 0 Å². The van der Waals surface area contributed by atoms with Gasteiger partial charge in [0.2, 0.25) is 5.95 Å². The van der Waals surface area contributed by atoms with Crippen molar-refractivity contribution in [2.75, 3.05) is 12.3 Å². The minimum absolute atomic E-state index is 0.134. The summed E-state index contributed by atoms with van der Waals surface area (Å²) in [6.07, 6.45) is 3.39. The van der Waals surface area contributed by atoms with Gasteiger partial charge in [0.25, 0.3) is 5.56 Å². The predicted octanol–water partition coefficient (Wildman–Crippen LogP) is 0.475. The molecule has 1 unspecified atom stereocenters. The Labute approximate surface area is 88.1 Å². The molecule has 2 rings (SSSR count). The highest BCUT2D eigenvalue weighted by molar-refractivity contribution is 5.26. The fraction of sp³-hybridized carbons (Fsp3) is 0.600. The number of aromatic nitrogens is 2. The average molecular weight is 208 g/mol. The molecule has 5 nitrogen and oxygen atoms in total. The molecule has 0 aromatic carbocycles. The predicted molar refractivity (Wildman–Crippen MR) is 58.6 cm³/mol. The minimum atomic E-state index is -0.134. The molecule has 1 fully saturated rings. The number of hydrogen-bond acceptors (Lipinski definition) is 4. The van der Waals surface area contributed by atoms with E-state index in [0.717, 1.165) is 18.7 Å². The van der Waals surface area contributed by atoms with Crippen molar-refractivity contribution in [2.24, 2.45) is 0 Å². The van der Waals surface area contributed by atoms with Gasteiger partial charge in [0.05, 0.1) is 11.7 Å². The first-order chi connectivity index (χ1) is 7.18. The summed E-state index contributed by atoms with van der Waals surface area (Å²) in [6.45, 7) is 2.77. The zero-order valence-corrected chi connectivity index (χ0v) is 8.84. The van der Waals surface area contributed by atoms with Crippen LogP contribution in [0.5, 0.6) is 0 Å². The Balaban J connectivity index is 2.37. The number of piperidine rings is 1. The molecule has 0 aliphatic carbocycles. The normalized spacial score (nSPS) is 21.5. The topological polar surface area (TPSA) is 83.8 Å². The molecule has 5 heteroatoms. The summed E-state index contributed by atoms with van der Waals surface area (Å²) in [5.41, 5.74) is 6.88. The van der Waals surface area contributed by atoms with E-state index in [0.29, 0.717) is 5.56 Å². The number of nitrogen functional groups attached to an aromatic ring is 1. The van der Waals surface area contributed by atoms with Gasteiger partial charge < -0.3 is 11.1 Å². The zero-order valence-electron chi connectivity index (χ0n) is 8.84. The van der Waals surface area contributed by atoms with E-state index in [9.17, 15) is 4.79 Å². The van der Waals surface area contributed by atoms with E-state index in [1.165, 1.54) is 12.8 Å². The van der Waals surface area contributed by atoms with Crippen LogP contribution < -0.4 is 16.6 Å². The summed E-state index contributed by atoms with van der Waals surface area (Å²) in [6, 6.07) is 0.184. The quantitative estimate of drug-likeness (QED) is 0.626. The highest BCUT2D eigenvalue weighted by Crippen LogP contribution is 2.22. The third-order valence-electron chi connectivity index (χ3n) is 2.85. The Morgan fingerprint density at radius 3 is 2.93 bits per heavy atom. The maximum Gasteiger partial charge on any atom is 0.255 e. The highest BCUT2D eigenvalue weighted by atomic mass is 16.1. The van der Waals surface area contributed by atoms with E-state index < -0.39 is 0 Å². The number of hydrogen-bond donors (Lipinski definition) is 3. The molecule has 0 radical (unpaired) electrons. The second kappa shape index (κ2) is 4.02. The van der Waals surface area contributed by atoms with E-state index in [1.54, 1.807) is 6.92 Å². The Hall–Kier alpha value is -1.36. The summed E-state index contributed by atoms with van der Waals surface area (Å²) in [5.74, 6) is 0.202. The molecule has 0 amide bonds. The van der Waals surface area contributed by atoms with Crippen molar-refractivity contribution in [2.45, 2.75) is 32.2 Å². The number of rotatable bonds is 1. The van der Waals surface area contributed by atoms with E-state index in [1.807, 2.05) is 0 Å². The van der Waals surface area contributed by atoms with Crippen molar-refractivity contribution in [3.8, 4) is 0 Å². The van der Waals surface area contributed by atoms with Gasteiger partial charge in [-0.25, -0.2) is 4.98 Å². The van der Waals surface area contributed by atoms with Gasteiger partial charge in [-0.15, -0.1) is 0 Å². The summed E-state index contributed by atoms with van der Waals surface area (Å²) < 4.78 is 0. The van der Waals surface area contributed by atoms with Gasteiger partial charge in [0.1, 0.15) is 0 Å². The number of aromatic amines is 1. The summed E-state index contributed by atoms with van der Waals surface area (Å²) in [5, 5.41) is 3.36. The number of nitrogens with two attached hydrogens (primary N) is 1. The highest BCUT2D eigenvalue weighted by Gasteiger charge is 2.19. The standard InChI is InChI=1S/C10H16N4O/c1-6-8(7-4-2-3-5-12-7)13-10(11)14-9(6)15/h7,12H,2-5H2,1H3,(H3,11,13,14,15). The average Bonchev–Trinajstić information content (AvgIpc) is 2.24. The smallest absolute Gasteiger partial charge is 0.255 e. The third kappa shape index (κ3) is 2.02. The molecule has 15 heavy (non-hydrogen) atoms. The van der Waals surface area contributed by atoms with Crippen LogP contribution in [0.3, 0.4) is 0 Å². The number of anilines is 1. The van der Waals surface area contributed by atoms with Crippen molar-refractivity contribution in [1.29, 1.82) is 0 Å². The first-order valence-electron chi connectivity index (χ1n) is 5.28. The minimum Gasteiger partial charge on any atom is -0.369 e. The summed E-state index contributed by atoms with van der Waals surface area (Å²) >= 11 is 0. The molecule has 2 heterocycles. The fourth-order valence-corrected chi connectivity index (χ4v) is 1.99. The maximum atomic E-state index is 11.5. The number of nitrogens with zero attached hydrogens (tertiary/aromatic N) is 1. The van der Waals surface area contributed by atoms with Crippen LogP contribution in [0, 0.1) is 6.92 Å². The van der Waals surface area contributed by atoms with Crippen molar-refractivity contribution in [1.82, 2.24) is 15.3 Å². The second-order valence-corrected chi connectivity index (χ2v) is 3.96. The first kappa shape index (κ1) is 10.2.